The highest BCUT2D eigenvalue weighted by Crippen LogP contribution is 2.36. The van der Waals surface area contributed by atoms with Crippen molar-refractivity contribution in [3.8, 4) is 23.3 Å². The van der Waals surface area contributed by atoms with E-state index < -0.39 is 0 Å². The van der Waals surface area contributed by atoms with Gasteiger partial charge in [0.05, 0.1) is 22.5 Å². The van der Waals surface area contributed by atoms with E-state index >= 15 is 0 Å². The highest BCUT2D eigenvalue weighted by Gasteiger charge is 2.22. The molecule has 0 radical (unpaired) electrons. The second kappa shape index (κ2) is 6.86. The Morgan fingerprint density at radius 2 is 2.04 bits per heavy atom. The molecule has 4 rings (SSSR count). The fourth-order valence-electron chi connectivity index (χ4n) is 3.23. The highest BCUT2D eigenvalue weighted by atomic mass is 32.1. The van der Waals surface area contributed by atoms with Gasteiger partial charge < -0.3 is 0 Å². The van der Waals surface area contributed by atoms with Gasteiger partial charge in [0.15, 0.2) is 0 Å². The molecule has 0 unspecified atom stereocenters. The number of hydrogen-bond acceptors (Lipinski definition) is 4. The monoisotopic (exact) mass is 374 g/mol. The maximum Gasteiger partial charge on any atom is 0.137 e. The van der Waals surface area contributed by atoms with Crippen LogP contribution in [0, 0.1) is 17.1 Å². The topological polar surface area (TPSA) is 54.5 Å². The van der Waals surface area contributed by atoms with Gasteiger partial charge in [-0.05, 0) is 48.4 Å². The van der Waals surface area contributed by atoms with Crippen molar-refractivity contribution in [2.24, 2.45) is 0 Å². The van der Waals surface area contributed by atoms with Crippen LogP contribution in [0.15, 0.2) is 59.8 Å². The lowest BCUT2D eigenvalue weighted by Gasteiger charge is -2.10. The van der Waals surface area contributed by atoms with Gasteiger partial charge >= 0.3 is 0 Å². The third kappa shape index (κ3) is 2.86. The summed E-state index contributed by atoms with van der Waals surface area (Å²) in [5.41, 5.74) is 2.88. The van der Waals surface area contributed by atoms with Crippen LogP contribution >= 0.6 is 12.6 Å². The fourth-order valence-corrected chi connectivity index (χ4v) is 3.36. The lowest BCUT2D eigenvalue weighted by Crippen LogP contribution is -2.01. The molecular formula is C21H15FN4S. The molecule has 0 atom stereocenters. The van der Waals surface area contributed by atoms with E-state index in [1.165, 1.54) is 6.07 Å². The molecule has 132 valence electrons. The van der Waals surface area contributed by atoms with E-state index in [2.05, 4.69) is 28.7 Å². The Labute approximate surface area is 161 Å². The average molecular weight is 374 g/mol. The van der Waals surface area contributed by atoms with Gasteiger partial charge in [0.25, 0.3) is 0 Å². The molecule has 0 saturated heterocycles. The molecular weight excluding hydrogens is 359 g/mol. The summed E-state index contributed by atoms with van der Waals surface area (Å²) in [7, 11) is 0. The number of benzene rings is 1. The Morgan fingerprint density at radius 3 is 2.67 bits per heavy atom. The number of nitrogens with zero attached hydrogens (tertiary/aromatic N) is 4. The molecule has 0 bridgehead atoms. The van der Waals surface area contributed by atoms with Gasteiger partial charge in [-0.15, -0.1) is 12.6 Å². The van der Waals surface area contributed by atoms with Crippen molar-refractivity contribution >= 4 is 23.5 Å². The van der Waals surface area contributed by atoms with Gasteiger partial charge in [0.2, 0.25) is 0 Å². The van der Waals surface area contributed by atoms with Crippen molar-refractivity contribution < 1.29 is 4.39 Å². The van der Waals surface area contributed by atoms with Crippen LogP contribution in [0.1, 0.15) is 18.1 Å². The number of pyridine rings is 2. The summed E-state index contributed by atoms with van der Waals surface area (Å²) in [6.07, 6.45) is 3.86. The molecule has 6 heteroatoms. The van der Waals surface area contributed by atoms with Crippen LogP contribution in [0.3, 0.4) is 0 Å². The van der Waals surface area contributed by atoms with Gasteiger partial charge in [0.1, 0.15) is 17.7 Å². The summed E-state index contributed by atoms with van der Waals surface area (Å²) in [4.78, 5) is 9.60. The lowest BCUT2D eigenvalue weighted by molar-refractivity contribution is 0.614. The summed E-state index contributed by atoms with van der Waals surface area (Å²) in [5.74, 6) is 0.328. The zero-order valence-electron chi connectivity index (χ0n) is 14.5. The zero-order valence-corrected chi connectivity index (χ0v) is 15.4. The Hall–Kier alpha value is -3.17. The van der Waals surface area contributed by atoms with Gasteiger partial charge in [0, 0.05) is 22.7 Å². The summed E-state index contributed by atoms with van der Waals surface area (Å²) in [6.45, 7) is 1.90. The molecule has 0 aliphatic carbocycles. The standard InChI is InChI=1S/C21H15FN4S/c1-2-13-9-19-15(10-17(13)22)16(11-23)21(18-7-6-14(27)12-25-18)26(19)20-5-3-4-8-24-20/h3-10,12,27H,2H2,1H3. The molecule has 0 N–H and O–H groups in total. The quantitative estimate of drug-likeness (QED) is 0.516. The van der Waals surface area contributed by atoms with E-state index in [0.717, 1.165) is 10.4 Å². The number of aromatic nitrogens is 3. The van der Waals surface area contributed by atoms with Crippen LogP contribution in [0.4, 0.5) is 4.39 Å². The average Bonchev–Trinajstić information content (AvgIpc) is 3.01. The number of thiol groups is 1. The molecule has 3 heterocycles. The zero-order chi connectivity index (χ0) is 19.0. The first-order valence-electron chi connectivity index (χ1n) is 8.47. The predicted molar refractivity (Wildman–Crippen MR) is 106 cm³/mol. The minimum atomic E-state index is -0.315. The minimum absolute atomic E-state index is 0.315. The molecule has 4 nitrogen and oxygen atoms in total. The second-order valence-corrected chi connectivity index (χ2v) is 6.59. The van der Waals surface area contributed by atoms with Crippen LogP contribution in [0.5, 0.6) is 0 Å². The van der Waals surface area contributed by atoms with E-state index in [1.807, 2.05) is 35.8 Å². The first-order chi connectivity index (χ1) is 13.1. The van der Waals surface area contributed by atoms with Crippen molar-refractivity contribution in [2.45, 2.75) is 18.2 Å². The van der Waals surface area contributed by atoms with E-state index in [0.29, 0.717) is 40.1 Å². The van der Waals surface area contributed by atoms with Gasteiger partial charge in [-0.3, -0.25) is 9.55 Å². The van der Waals surface area contributed by atoms with Crippen LogP contribution in [0.25, 0.3) is 28.1 Å². The normalized spacial score (nSPS) is 10.9. The SMILES string of the molecule is CCc1cc2c(cc1F)c(C#N)c(-c1ccc(S)cn1)n2-c1ccccn1. The molecule has 3 aromatic heterocycles. The summed E-state index contributed by atoms with van der Waals surface area (Å²) in [5, 5.41) is 10.4. The summed E-state index contributed by atoms with van der Waals surface area (Å²) >= 11 is 4.28. The Morgan fingerprint density at radius 1 is 1.19 bits per heavy atom. The minimum Gasteiger partial charge on any atom is -0.291 e. The van der Waals surface area contributed by atoms with Crippen LogP contribution in [-0.2, 0) is 6.42 Å². The van der Waals surface area contributed by atoms with Gasteiger partial charge in [-0.2, -0.15) is 5.26 Å². The molecule has 0 aliphatic heterocycles. The number of nitriles is 1. The number of halogens is 1. The van der Waals surface area contributed by atoms with E-state index in [-0.39, 0.29) is 5.82 Å². The molecule has 0 spiro atoms. The first kappa shape index (κ1) is 17.3. The first-order valence-corrected chi connectivity index (χ1v) is 8.92. The number of fused-ring (bicyclic) bond motifs is 1. The Kier molecular flexibility index (Phi) is 4.38. The third-order valence-electron chi connectivity index (χ3n) is 4.50. The third-order valence-corrected chi connectivity index (χ3v) is 4.76. The van der Waals surface area contributed by atoms with Crippen molar-refractivity contribution in [2.75, 3.05) is 0 Å². The molecule has 0 amide bonds. The number of hydrogen-bond donors (Lipinski definition) is 1. The van der Waals surface area contributed by atoms with Gasteiger partial charge in [-0.1, -0.05) is 13.0 Å². The van der Waals surface area contributed by atoms with Gasteiger partial charge in [-0.25, -0.2) is 9.37 Å². The fraction of sp³-hybridized carbons (Fsp3) is 0.0952. The summed E-state index contributed by atoms with van der Waals surface area (Å²) in [6, 6.07) is 14.6. The largest absolute Gasteiger partial charge is 0.291 e. The van der Waals surface area contributed by atoms with Crippen molar-refractivity contribution in [1.29, 1.82) is 5.26 Å². The smallest absolute Gasteiger partial charge is 0.137 e. The predicted octanol–water partition coefficient (Wildman–Crippen LogP) is 4.95. The molecule has 1 aromatic carbocycles. The van der Waals surface area contributed by atoms with E-state index in [9.17, 15) is 9.65 Å². The molecule has 0 saturated carbocycles. The molecule has 4 aromatic rings. The van der Waals surface area contributed by atoms with E-state index in [1.54, 1.807) is 24.5 Å². The lowest BCUT2D eigenvalue weighted by atomic mass is 10.1. The maximum absolute atomic E-state index is 14.5. The van der Waals surface area contributed by atoms with Crippen molar-refractivity contribution in [3.63, 3.8) is 0 Å². The maximum atomic E-state index is 14.5. The molecule has 27 heavy (non-hydrogen) atoms. The second-order valence-electron chi connectivity index (χ2n) is 6.07. The van der Waals surface area contributed by atoms with E-state index in [4.69, 9.17) is 0 Å². The Balaban J connectivity index is 2.17. The van der Waals surface area contributed by atoms with Crippen molar-refractivity contribution in [1.82, 2.24) is 14.5 Å². The number of aryl methyl sites for hydroxylation is 1. The van der Waals surface area contributed by atoms with Crippen molar-refractivity contribution in [3.05, 3.63) is 71.8 Å². The summed E-state index contributed by atoms with van der Waals surface area (Å²) < 4.78 is 16.3. The Bertz CT molecular complexity index is 1180. The molecule has 0 fully saturated rings. The molecule has 0 aliphatic rings. The number of rotatable bonds is 3. The van der Waals surface area contributed by atoms with Crippen LogP contribution in [-0.4, -0.2) is 14.5 Å². The highest BCUT2D eigenvalue weighted by molar-refractivity contribution is 7.80. The van der Waals surface area contributed by atoms with Crippen LogP contribution < -0.4 is 0 Å². The van der Waals surface area contributed by atoms with Crippen LogP contribution in [0.2, 0.25) is 0 Å².